The van der Waals surface area contributed by atoms with Crippen LogP contribution in [0.1, 0.15) is 44.6 Å². The molecule has 0 bridgehead atoms. The molecule has 1 fully saturated rings. The molecule has 5 rings (SSSR count). The number of carbonyl (C=O) groups is 1. The topological polar surface area (TPSA) is 145 Å². The Morgan fingerprint density at radius 2 is 1.82 bits per heavy atom. The van der Waals surface area contributed by atoms with Crippen LogP contribution in [-0.4, -0.2) is 57.4 Å². The van der Waals surface area contributed by atoms with Crippen LogP contribution < -0.4 is 10.0 Å². The van der Waals surface area contributed by atoms with Gasteiger partial charge in [-0.1, -0.05) is 38.3 Å². The van der Waals surface area contributed by atoms with Gasteiger partial charge >= 0.3 is 0 Å². The van der Waals surface area contributed by atoms with Crippen molar-refractivity contribution in [1.82, 2.24) is 4.90 Å². The number of sulfonamides is 2. The van der Waals surface area contributed by atoms with Gasteiger partial charge in [0.2, 0.25) is 10.0 Å². The summed E-state index contributed by atoms with van der Waals surface area (Å²) in [6.45, 7) is 2.00. The van der Waals surface area contributed by atoms with E-state index in [-0.39, 0.29) is 52.4 Å². The highest BCUT2D eigenvalue weighted by Gasteiger charge is 2.47. The molecule has 3 aliphatic rings. The molecule has 1 aliphatic carbocycles. The van der Waals surface area contributed by atoms with Crippen LogP contribution in [0.15, 0.2) is 63.1 Å². The zero-order valence-corrected chi connectivity index (χ0v) is 23.8. The maximum atomic E-state index is 13.9. The molecular weight excluding hydrogens is 559 g/mol. The van der Waals surface area contributed by atoms with Crippen molar-refractivity contribution in [3.63, 3.8) is 0 Å². The van der Waals surface area contributed by atoms with Gasteiger partial charge in [0.1, 0.15) is 22.0 Å². The second kappa shape index (κ2) is 10.2. The summed E-state index contributed by atoms with van der Waals surface area (Å²) in [6, 6.07) is 9.72. The third-order valence-electron chi connectivity index (χ3n) is 7.59. The highest BCUT2D eigenvalue weighted by Crippen LogP contribution is 2.41. The van der Waals surface area contributed by atoms with Gasteiger partial charge in [-0.2, -0.15) is 8.42 Å². The lowest BCUT2D eigenvalue weighted by atomic mass is 9.75. The monoisotopic (exact) mass is 590 g/mol. The molecule has 1 saturated carbocycles. The number of amides is 1. The number of hydrogen-bond acceptors (Lipinski definition) is 7. The average Bonchev–Trinajstić information content (AvgIpc) is 2.88. The van der Waals surface area contributed by atoms with E-state index in [9.17, 15) is 31.1 Å². The Morgan fingerprint density at radius 3 is 2.48 bits per heavy atom. The van der Waals surface area contributed by atoms with Crippen molar-refractivity contribution in [2.75, 3.05) is 22.8 Å². The molecule has 2 aromatic rings. The predicted molar refractivity (Wildman–Crippen MR) is 150 cm³/mol. The summed E-state index contributed by atoms with van der Waals surface area (Å²) in [4.78, 5) is 15.4. The smallest absolute Gasteiger partial charge is 0.286 e. The van der Waals surface area contributed by atoms with Crippen LogP contribution in [0.5, 0.6) is 0 Å². The summed E-state index contributed by atoms with van der Waals surface area (Å²) in [5, 5.41) is 14.5. The first kappa shape index (κ1) is 28.1. The Hall–Kier alpha value is -3.45. The Bertz CT molecular complexity index is 1630. The number of aliphatic hydroxyl groups is 1. The number of anilines is 2. The van der Waals surface area contributed by atoms with E-state index in [0.29, 0.717) is 0 Å². The number of halogens is 1. The fourth-order valence-corrected chi connectivity index (χ4v) is 7.41. The van der Waals surface area contributed by atoms with Gasteiger partial charge in [-0.05, 0) is 55.2 Å². The third-order valence-corrected chi connectivity index (χ3v) is 9.51. The van der Waals surface area contributed by atoms with Gasteiger partial charge in [0.15, 0.2) is 5.84 Å². The number of amidine groups is 1. The minimum absolute atomic E-state index is 0.0384. The number of rotatable bonds is 6. The molecule has 0 unspecified atom stereocenters. The summed E-state index contributed by atoms with van der Waals surface area (Å²) >= 11 is 0. The average molecular weight is 591 g/mol. The van der Waals surface area contributed by atoms with Crippen LogP contribution in [0.3, 0.4) is 0 Å². The quantitative estimate of drug-likeness (QED) is 0.462. The molecular formula is C27H31FN4O6S2. The van der Waals surface area contributed by atoms with Gasteiger partial charge in [0, 0.05) is 23.7 Å². The van der Waals surface area contributed by atoms with E-state index in [2.05, 4.69) is 14.4 Å². The molecule has 0 radical (unpaired) electrons. The van der Waals surface area contributed by atoms with E-state index in [4.69, 9.17) is 0 Å². The van der Waals surface area contributed by atoms with Crippen LogP contribution in [0.25, 0.3) is 0 Å². The summed E-state index contributed by atoms with van der Waals surface area (Å²) < 4.78 is 69.4. The zero-order valence-electron chi connectivity index (χ0n) is 22.1. The third kappa shape index (κ3) is 5.57. The van der Waals surface area contributed by atoms with Crippen LogP contribution in [-0.2, 0) is 31.3 Å². The molecule has 2 aliphatic heterocycles. The van der Waals surface area contributed by atoms with E-state index >= 15 is 0 Å². The fourth-order valence-electron chi connectivity index (χ4n) is 5.71. The molecule has 0 aromatic heterocycles. The maximum absolute atomic E-state index is 13.9. The molecule has 0 spiro atoms. The minimum atomic E-state index is -4.38. The van der Waals surface area contributed by atoms with E-state index < -0.39 is 37.2 Å². The lowest BCUT2D eigenvalue weighted by Gasteiger charge is -2.45. The normalized spacial score (nSPS) is 23.3. The molecule has 2 heterocycles. The summed E-state index contributed by atoms with van der Waals surface area (Å²) in [5.74, 6) is -1.50. The second-order valence-electron chi connectivity index (χ2n) is 10.9. The number of nitrogens with zero attached hydrogens (tertiary/aromatic N) is 2. The molecule has 214 valence electrons. The van der Waals surface area contributed by atoms with Crippen molar-refractivity contribution >= 4 is 43.2 Å². The number of nitrogens with one attached hydrogen (secondary N) is 2. The fraction of sp³-hybridized carbons (Fsp3) is 0.407. The first-order valence-electron chi connectivity index (χ1n) is 13.0. The minimum Gasteiger partial charge on any atom is -0.511 e. The Kier molecular flexibility index (Phi) is 7.15. The standard InChI is InChI=1S/C27H31FN4O6S2/c1-27(15-17-8-10-18(28)11-9-17)16-32(20-6-4-3-5-7-20)26(34)23(24(27)33)25-29-21-13-12-19(30-39(2,35)36)14-22(21)40(37,38)31-25/h8-14,20,30,33H,3-7,15-16H2,1-2H3,(H,29,31)/t27-/m1/s1. The van der Waals surface area contributed by atoms with Crippen LogP contribution in [0.4, 0.5) is 15.8 Å². The van der Waals surface area contributed by atoms with Crippen LogP contribution in [0, 0.1) is 11.2 Å². The number of benzene rings is 2. The van der Waals surface area contributed by atoms with Crippen molar-refractivity contribution in [2.45, 2.75) is 56.4 Å². The lowest BCUT2D eigenvalue weighted by molar-refractivity contribution is -0.133. The highest BCUT2D eigenvalue weighted by molar-refractivity contribution is 7.92. The molecule has 10 nitrogen and oxygen atoms in total. The maximum Gasteiger partial charge on any atom is 0.286 e. The van der Waals surface area contributed by atoms with E-state index in [1.165, 1.54) is 24.3 Å². The molecule has 1 amide bonds. The molecule has 3 N–H and O–H groups in total. The highest BCUT2D eigenvalue weighted by atomic mass is 32.2. The number of fused-ring (bicyclic) bond motifs is 1. The molecule has 2 aromatic carbocycles. The van der Waals surface area contributed by atoms with Gasteiger partial charge < -0.3 is 15.3 Å². The molecule has 13 heteroatoms. The first-order chi connectivity index (χ1) is 18.8. The van der Waals surface area contributed by atoms with E-state index in [1.807, 2.05) is 0 Å². The van der Waals surface area contributed by atoms with Gasteiger partial charge in [0.05, 0.1) is 11.9 Å². The molecule has 40 heavy (non-hydrogen) atoms. The summed E-state index contributed by atoms with van der Waals surface area (Å²) in [7, 11) is -8.03. The van der Waals surface area contributed by atoms with Crippen molar-refractivity contribution < 1.29 is 31.1 Å². The van der Waals surface area contributed by atoms with Gasteiger partial charge in [-0.3, -0.25) is 9.52 Å². The molecule has 0 saturated heterocycles. The van der Waals surface area contributed by atoms with E-state index in [1.54, 1.807) is 24.0 Å². The second-order valence-corrected chi connectivity index (χ2v) is 14.3. The van der Waals surface area contributed by atoms with Crippen molar-refractivity contribution in [3.05, 3.63) is 65.2 Å². The SMILES string of the molecule is C[C@@]1(Cc2ccc(F)cc2)CN(C2CCCCC2)C(=O)C(C2=NS(=O)(=O)c3cc(NS(C)(=O)=O)ccc3N2)=C1O. The Balaban J connectivity index is 1.59. The van der Waals surface area contributed by atoms with Gasteiger partial charge in [0.25, 0.3) is 15.9 Å². The van der Waals surface area contributed by atoms with Gasteiger partial charge in [-0.15, -0.1) is 4.40 Å². The van der Waals surface area contributed by atoms with Crippen LogP contribution in [0.2, 0.25) is 0 Å². The van der Waals surface area contributed by atoms with Crippen molar-refractivity contribution in [1.29, 1.82) is 0 Å². The number of hydrogen-bond donors (Lipinski definition) is 3. The zero-order chi connectivity index (χ0) is 28.9. The first-order valence-corrected chi connectivity index (χ1v) is 16.3. The number of carbonyl (C=O) groups excluding carboxylic acids is 1. The number of aliphatic hydroxyl groups excluding tert-OH is 1. The van der Waals surface area contributed by atoms with Crippen molar-refractivity contribution in [3.8, 4) is 0 Å². The van der Waals surface area contributed by atoms with Crippen LogP contribution >= 0.6 is 0 Å². The summed E-state index contributed by atoms with van der Waals surface area (Å²) in [5.41, 5.74) is -0.358. The predicted octanol–water partition coefficient (Wildman–Crippen LogP) is 3.95. The lowest BCUT2D eigenvalue weighted by Crippen LogP contribution is -2.54. The molecule has 1 atom stereocenters. The largest absolute Gasteiger partial charge is 0.511 e. The Labute approximate surface area is 233 Å². The van der Waals surface area contributed by atoms with Gasteiger partial charge in [-0.25, -0.2) is 12.8 Å². The van der Waals surface area contributed by atoms with Crippen molar-refractivity contribution in [2.24, 2.45) is 9.81 Å². The Morgan fingerprint density at radius 1 is 1.15 bits per heavy atom. The summed E-state index contributed by atoms with van der Waals surface area (Å²) in [6.07, 6.45) is 5.79. The van der Waals surface area contributed by atoms with E-state index in [0.717, 1.165) is 50.0 Å².